The van der Waals surface area contributed by atoms with Crippen LogP contribution in [0.3, 0.4) is 0 Å². The minimum atomic E-state index is -1.43. The Labute approximate surface area is 126 Å². The normalized spacial score (nSPS) is 11.6. The predicted octanol–water partition coefficient (Wildman–Crippen LogP) is 2.78. The molecule has 96 valence electrons. The zero-order valence-corrected chi connectivity index (χ0v) is 14.3. The summed E-state index contributed by atoms with van der Waals surface area (Å²) in [5.41, 5.74) is 4.08. The molecule has 1 nitrogen and oxygen atoms in total. The fraction of sp³-hybridized carbons (Fsp3) is 0.600. The molecule has 0 aliphatic heterocycles. The summed E-state index contributed by atoms with van der Waals surface area (Å²) in [6.07, 6.45) is 0. The van der Waals surface area contributed by atoms with Gasteiger partial charge in [0, 0.05) is 0 Å². The van der Waals surface area contributed by atoms with Gasteiger partial charge in [-0.2, -0.15) is 0 Å². The maximum absolute atomic E-state index is 5.07. The smallest absolute Gasteiger partial charge is 0.687 e. The third-order valence-corrected chi connectivity index (χ3v) is 3.68. The van der Waals surface area contributed by atoms with Crippen molar-refractivity contribution in [2.24, 2.45) is 0 Å². The molecule has 0 spiro atoms. The first-order valence-electron chi connectivity index (χ1n) is 6.58. The van der Waals surface area contributed by atoms with Gasteiger partial charge in [0.15, 0.2) is 0 Å². The molecule has 1 aromatic carbocycles. The molecule has 18 heavy (non-hydrogen) atoms. The number of rotatable bonds is 4. The standard InChI is InChI=1S/C15H26NSi.Li/c1-11(2)13-9-8-10-14(12(3)4)15(13)16-17(5,6)7;/h8-12H,1-7H3;/q-1;+1. The summed E-state index contributed by atoms with van der Waals surface area (Å²) >= 11 is 0. The monoisotopic (exact) mass is 255 g/mol. The second kappa shape index (κ2) is 6.84. The van der Waals surface area contributed by atoms with E-state index >= 15 is 0 Å². The van der Waals surface area contributed by atoms with E-state index in [1.54, 1.807) is 0 Å². The van der Waals surface area contributed by atoms with Crippen LogP contribution in [0.2, 0.25) is 19.6 Å². The van der Waals surface area contributed by atoms with Gasteiger partial charge >= 0.3 is 18.9 Å². The van der Waals surface area contributed by atoms with Crippen molar-refractivity contribution in [2.45, 2.75) is 59.2 Å². The molecule has 1 aromatic rings. The van der Waals surface area contributed by atoms with Crippen molar-refractivity contribution >= 4 is 13.9 Å². The molecule has 0 aliphatic rings. The second-order valence-corrected chi connectivity index (χ2v) is 10.9. The Balaban J connectivity index is 0.00000289. The molecule has 0 atom stereocenters. The van der Waals surface area contributed by atoms with Crippen molar-refractivity contribution in [3.8, 4) is 0 Å². The Morgan fingerprint density at radius 3 is 1.56 bits per heavy atom. The van der Waals surface area contributed by atoms with Crippen molar-refractivity contribution in [2.75, 3.05) is 0 Å². The molecule has 0 heterocycles. The first-order valence-corrected chi connectivity index (χ1v) is 10.0. The molecule has 0 saturated carbocycles. The Kier molecular flexibility index (Phi) is 6.78. The molecule has 1 rings (SSSR count). The van der Waals surface area contributed by atoms with Crippen LogP contribution in [0.25, 0.3) is 4.98 Å². The van der Waals surface area contributed by atoms with Crippen molar-refractivity contribution in [1.29, 1.82) is 0 Å². The topological polar surface area (TPSA) is 14.1 Å². The summed E-state index contributed by atoms with van der Waals surface area (Å²) in [5, 5.41) is 0. The Morgan fingerprint density at radius 2 is 1.28 bits per heavy atom. The number of hydrogen-bond donors (Lipinski definition) is 0. The van der Waals surface area contributed by atoms with Crippen LogP contribution in [0, 0.1) is 0 Å². The fourth-order valence-electron chi connectivity index (χ4n) is 1.98. The molecule has 0 amide bonds. The van der Waals surface area contributed by atoms with Crippen LogP contribution < -0.4 is 18.9 Å². The summed E-state index contributed by atoms with van der Waals surface area (Å²) in [7, 11) is -1.43. The van der Waals surface area contributed by atoms with Crippen molar-refractivity contribution in [3.63, 3.8) is 0 Å². The van der Waals surface area contributed by atoms with Gasteiger partial charge in [-0.15, -0.1) is 5.69 Å². The average Bonchev–Trinajstić information content (AvgIpc) is 2.14. The van der Waals surface area contributed by atoms with E-state index in [0.29, 0.717) is 11.8 Å². The predicted molar refractivity (Wildman–Crippen MR) is 81.0 cm³/mol. The molecule has 0 aliphatic carbocycles. The zero-order valence-electron chi connectivity index (χ0n) is 13.3. The van der Waals surface area contributed by atoms with Crippen LogP contribution in [0.1, 0.15) is 50.7 Å². The average molecular weight is 255 g/mol. The summed E-state index contributed by atoms with van der Waals surface area (Å²) in [6, 6.07) is 6.64. The van der Waals surface area contributed by atoms with Crippen LogP contribution in [-0.2, 0) is 0 Å². The van der Waals surface area contributed by atoms with Crippen molar-refractivity contribution in [3.05, 3.63) is 34.3 Å². The van der Waals surface area contributed by atoms with Gasteiger partial charge < -0.3 is 4.98 Å². The van der Waals surface area contributed by atoms with E-state index in [4.69, 9.17) is 4.98 Å². The number of benzene rings is 1. The molecule has 0 aromatic heterocycles. The molecular formula is C15H26LiNSi. The van der Waals surface area contributed by atoms with Crippen LogP contribution in [-0.4, -0.2) is 8.24 Å². The van der Waals surface area contributed by atoms with Gasteiger partial charge in [-0.05, 0) is 20.1 Å². The third-order valence-electron chi connectivity index (χ3n) is 2.79. The number of nitrogens with zero attached hydrogens (tertiary/aromatic N) is 1. The third kappa shape index (κ3) is 4.84. The van der Waals surface area contributed by atoms with Gasteiger partial charge in [0.2, 0.25) is 0 Å². The minimum absolute atomic E-state index is 0. The molecule has 0 unspecified atom stereocenters. The fourth-order valence-corrected chi connectivity index (χ4v) is 2.91. The molecule has 0 fully saturated rings. The van der Waals surface area contributed by atoms with E-state index in [2.05, 4.69) is 65.5 Å². The van der Waals surface area contributed by atoms with E-state index in [-0.39, 0.29) is 18.9 Å². The van der Waals surface area contributed by atoms with Crippen molar-refractivity contribution < 1.29 is 18.9 Å². The zero-order chi connectivity index (χ0) is 13.2. The van der Waals surface area contributed by atoms with Gasteiger partial charge in [0.05, 0.1) is 0 Å². The van der Waals surface area contributed by atoms with E-state index in [9.17, 15) is 0 Å². The summed E-state index contributed by atoms with van der Waals surface area (Å²) in [4.78, 5) is 5.07. The first kappa shape index (κ1) is 17.8. The molecule has 0 N–H and O–H groups in total. The summed E-state index contributed by atoms with van der Waals surface area (Å²) in [5.74, 6) is 1.09. The Morgan fingerprint density at radius 1 is 0.889 bits per heavy atom. The van der Waals surface area contributed by atoms with Gasteiger partial charge in [-0.1, -0.05) is 76.7 Å². The summed E-state index contributed by atoms with van der Waals surface area (Å²) in [6.45, 7) is 15.9. The van der Waals surface area contributed by atoms with Gasteiger partial charge in [-0.3, -0.25) is 0 Å². The van der Waals surface area contributed by atoms with Crippen LogP contribution in [0.4, 0.5) is 5.69 Å². The van der Waals surface area contributed by atoms with E-state index in [1.165, 1.54) is 16.8 Å². The van der Waals surface area contributed by atoms with E-state index < -0.39 is 8.24 Å². The molecule has 0 saturated heterocycles. The van der Waals surface area contributed by atoms with Crippen molar-refractivity contribution in [1.82, 2.24) is 0 Å². The summed E-state index contributed by atoms with van der Waals surface area (Å²) < 4.78 is 0. The maximum Gasteiger partial charge on any atom is 1.00 e. The van der Waals surface area contributed by atoms with Crippen LogP contribution in [0.15, 0.2) is 18.2 Å². The largest absolute Gasteiger partial charge is 1.00 e. The van der Waals surface area contributed by atoms with Crippen LogP contribution in [0.5, 0.6) is 0 Å². The van der Waals surface area contributed by atoms with Crippen LogP contribution >= 0.6 is 0 Å². The molecule has 0 radical (unpaired) electrons. The minimum Gasteiger partial charge on any atom is -0.687 e. The molecular weight excluding hydrogens is 229 g/mol. The Bertz CT molecular complexity index is 354. The first-order chi connectivity index (χ1) is 7.72. The Hall–Kier alpha value is -0.166. The van der Waals surface area contributed by atoms with E-state index in [0.717, 1.165) is 0 Å². The second-order valence-electron chi connectivity index (χ2n) is 6.38. The quantitative estimate of drug-likeness (QED) is 0.735. The molecule has 0 bridgehead atoms. The number of hydrogen-bond acceptors (Lipinski definition) is 0. The molecule has 3 heteroatoms. The van der Waals surface area contributed by atoms with E-state index in [1.807, 2.05) is 0 Å². The van der Waals surface area contributed by atoms with Gasteiger partial charge in [0.1, 0.15) is 0 Å². The van der Waals surface area contributed by atoms with Gasteiger partial charge in [-0.25, -0.2) is 0 Å². The van der Waals surface area contributed by atoms with Gasteiger partial charge in [0.25, 0.3) is 0 Å². The maximum atomic E-state index is 5.07. The SMILES string of the molecule is CC(C)c1cccc(C(C)C)c1[N-][Si](C)(C)C.[Li+].